The van der Waals surface area contributed by atoms with Gasteiger partial charge >= 0.3 is 0 Å². The molecule has 0 atom stereocenters. The number of hydrogen-bond acceptors (Lipinski definition) is 2. The van der Waals surface area contributed by atoms with Crippen LogP contribution >= 0.6 is 0 Å². The Balaban J connectivity index is 1.59. The van der Waals surface area contributed by atoms with Gasteiger partial charge < -0.3 is 15.2 Å². The highest BCUT2D eigenvalue weighted by Gasteiger charge is 2.07. The summed E-state index contributed by atoms with van der Waals surface area (Å²) >= 11 is 0. The van der Waals surface area contributed by atoms with Gasteiger partial charge in [-0.15, -0.1) is 0 Å². The number of aryl methyl sites for hydroxylation is 1. The van der Waals surface area contributed by atoms with Gasteiger partial charge in [0, 0.05) is 32.5 Å². The fourth-order valence-corrected chi connectivity index (χ4v) is 2.93. The first-order valence-electron chi connectivity index (χ1n) is 8.99. The fraction of sp³-hybridized carbons (Fsp3) is 0.238. The maximum atomic E-state index is 14.4. The van der Waals surface area contributed by atoms with E-state index in [0.717, 1.165) is 12.0 Å². The summed E-state index contributed by atoms with van der Waals surface area (Å²) in [6.45, 7) is 3.32. The third-order valence-corrected chi connectivity index (χ3v) is 4.42. The molecule has 0 spiro atoms. The number of rotatable bonds is 6. The Kier molecular flexibility index (Phi) is 6.20. The average Bonchev–Trinajstić information content (AvgIpc) is 3.23. The normalized spacial score (nSPS) is 11.4. The largest absolute Gasteiger partial charge is 0.352 e. The van der Waals surface area contributed by atoms with Gasteiger partial charge in [-0.2, -0.15) is 0 Å². The number of benzene rings is 2. The van der Waals surface area contributed by atoms with E-state index in [1.54, 1.807) is 36.4 Å². The fourth-order valence-electron chi connectivity index (χ4n) is 2.93. The molecule has 140 valence electrons. The minimum Gasteiger partial charge on any atom is -0.352 e. The van der Waals surface area contributed by atoms with E-state index < -0.39 is 0 Å². The molecule has 27 heavy (non-hydrogen) atoms. The zero-order valence-corrected chi connectivity index (χ0v) is 15.6. The van der Waals surface area contributed by atoms with Crippen LogP contribution in [0.4, 0.5) is 4.39 Å². The van der Waals surface area contributed by atoms with Crippen molar-refractivity contribution in [1.82, 2.24) is 20.2 Å². The third kappa shape index (κ3) is 4.73. The van der Waals surface area contributed by atoms with Gasteiger partial charge in [0.2, 0.25) is 0 Å². The van der Waals surface area contributed by atoms with E-state index in [9.17, 15) is 4.39 Å². The Hall–Kier alpha value is -3.15. The Morgan fingerprint density at radius 1 is 1.11 bits per heavy atom. The Bertz CT molecular complexity index is 903. The summed E-state index contributed by atoms with van der Waals surface area (Å²) in [5, 5.41) is 6.54. The standard InChI is InChI=1S/C21H24FN5/c1-3-17-6-4-5-7-18(17)14-26-21(23-2)25-13-16-8-9-20(19(22)12-16)27-11-10-24-15-27/h4-12,15H,3,13-14H2,1-2H3,(H2,23,25,26). The summed E-state index contributed by atoms with van der Waals surface area (Å²) in [6.07, 6.45) is 5.92. The van der Waals surface area contributed by atoms with Crippen LogP contribution in [0.5, 0.6) is 0 Å². The summed E-state index contributed by atoms with van der Waals surface area (Å²) in [5.74, 6) is 0.395. The first kappa shape index (κ1) is 18.6. The highest BCUT2D eigenvalue weighted by molar-refractivity contribution is 5.79. The molecule has 2 N–H and O–H groups in total. The van der Waals surface area contributed by atoms with Gasteiger partial charge in [0.1, 0.15) is 5.82 Å². The molecule has 0 saturated heterocycles. The van der Waals surface area contributed by atoms with Crippen molar-refractivity contribution >= 4 is 5.96 Å². The molecular weight excluding hydrogens is 341 g/mol. The molecule has 1 heterocycles. The van der Waals surface area contributed by atoms with E-state index in [0.29, 0.717) is 24.7 Å². The number of imidazole rings is 1. The zero-order chi connectivity index (χ0) is 19.1. The number of halogens is 1. The predicted molar refractivity (Wildman–Crippen MR) is 106 cm³/mol. The molecule has 6 heteroatoms. The number of aliphatic imine (C=N–C) groups is 1. The van der Waals surface area contributed by atoms with Crippen LogP contribution in [0.15, 0.2) is 66.2 Å². The SMILES string of the molecule is CCc1ccccc1CNC(=NC)NCc1ccc(-n2ccnc2)c(F)c1. The molecule has 3 aromatic rings. The van der Waals surface area contributed by atoms with Gasteiger partial charge in [-0.1, -0.05) is 37.3 Å². The maximum Gasteiger partial charge on any atom is 0.191 e. The van der Waals surface area contributed by atoms with E-state index in [1.807, 2.05) is 12.1 Å². The molecule has 3 rings (SSSR count). The lowest BCUT2D eigenvalue weighted by molar-refractivity contribution is 0.615. The number of hydrogen-bond donors (Lipinski definition) is 2. The summed E-state index contributed by atoms with van der Waals surface area (Å²) in [6, 6.07) is 13.5. The minimum atomic E-state index is -0.285. The van der Waals surface area contributed by atoms with Crippen LogP contribution in [-0.2, 0) is 19.5 Å². The summed E-state index contributed by atoms with van der Waals surface area (Å²) in [5.41, 5.74) is 3.89. The lowest BCUT2D eigenvalue weighted by atomic mass is 10.1. The topological polar surface area (TPSA) is 54.2 Å². The molecule has 0 radical (unpaired) electrons. The molecule has 0 aliphatic heterocycles. The van der Waals surface area contributed by atoms with Gasteiger partial charge in [-0.05, 0) is 35.2 Å². The van der Waals surface area contributed by atoms with Gasteiger partial charge in [0.25, 0.3) is 0 Å². The summed E-state index contributed by atoms with van der Waals surface area (Å²) < 4.78 is 16.0. The Labute approximate surface area is 159 Å². The minimum absolute atomic E-state index is 0.285. The second-order valence-corrected chi connectivity index (χ2v) is 6.16. The van der Waals surface area contributed by atoms with Crippen molar-refractivity contribution < 1.29 is 4.39 Å². The van der Waals surface area contributed by atoms with E-state index >= 15 is 0 Å². The molecule has 5 nitrogen and oxygen atoms in total. The molecule has 0 fully saturated rings. The maximum absolute atomic E-state index is 14.4. The van der Waals surface area contributed by atoms with Crippen LogP contribution in [0.3, 0.4) is 0 Å². The van der Waals surface area contributed by atoms with Crippen molar-refractivity contribution in [2.45, 2.75) is 26.4 Å². The molecule has 1 aromatic heterocycles. The molecule has 0 bridgehead atoms. The van der Waals surface area contributed by atoms with Gasteiger partial charge in [0.15, 0.2) is 5.96 Å². The second kappa shape index (κ2) is 8.98. The van der Waals surface area contributed by atoms with Crippen LogP contribution in [0, 0.1) is 5.82 Å². The number of guanidine groups is 1. The van der Waals surface area contributed by atoms with Crippen molar-refractivity contribution in [3.63, 3.8) is 0 Å². The number of nitrogens with one attached hydrogen (secondary N) is 2. The molecular formula is C21H24FN5. The quantitative estimate of drug-likeness (QED) is 0.520. The number of aromatic nitrogens is 2. The monoisotopic (exact) mass is 365 g/mol. The first-order chi connectivity index (χ1) is 13.2. The lowest BCUT2D eigenvalue weighted by Gasteiger charge is -2.14. The van der Waals surface area contributed by atoms with Gasteiger partial charge in [-0.3, -0.25) is 4.99 Å². The van der Waals surface area contributed by atoms with Crippen LogP contribution in [0.1, 0.15) is 23.6 Å². The highest BCUT2D eigenvalue weighted by Crippen LogP contribution is 2.15. The molecule has 0 unspecified atom stereocenters. The third-order valence-electron chi connectivity index (χ3n) is 4.42. The highest BCUT2D eigenvalue weighted by atomic mass is 19.1. The molecule has 0 saturated carbocycles. The van der Waals surface area contributed by atoms with E-state index in [1.165, 1.54) is 17.2 Å². The zero-order valence-electron chi connectivity index (χ0n) is 15.6. The summed E-state index contributed by atoms with van der Waals surface area (Å²) in [7, 11) is 1.73. The molecule has 0 aliphatic rings. The molecule has 2 aromatic carbocycles. The van der Waals surface area contributed by atoms with Crippen molar-refractivity contribution in [2.24, 2.45) is 4.99 Å². The summed E-state index contributed by atoms with van der Waals surface area (Å²) in [4.78, 5) is 8.19. The predicted octanol–water partition coefficient (Wildman–Crippen LogP) is 3.44. The van der Waals surface area contributed by atoms with Crippen LogP contribution in [0.25, 0.3) is 5.69 Å². The molecule has 0 aliphatic carbocycles. The van der Waals surface area contributed by atoms with Crippen LogP contribution < -0.4 is 10.6 Å². The Morgan fingerprint density at radius 3 is 2.56 bits per heavy atom. The van der Waals surface area contributed by atoms with Crippen molar-refractivity contribution in [2.75, 3.05) is 7.05 Å². The Morgan fingerprint density at radius 2 is 1.89 bits per heavy atom. The van der Waals surface area contributed by atoms with Gasteiger partial charge in [-0.25, -0.2) is 9.37 Å². The van der Waals surface area contributed by atoms with Crippen molar-refractivity contribution in [3.8, 4) is 5.69 Å². The molecule has 0 amide bonds. The van der Waals surface area contributed by atoms with Crippen LogP contribution in [0.2, 0.25) is 0 Å². The van der Waals surface area contributed by atoms with Crippen molar-refractivity contribution in [1.29, 1.82) is 0 Å². The van der Waals surface area contributed by atoms with E-state index in [4.69, 9.17) is 0 Å². The van der Waals surface area contributed by atoms with Crippen LogP contribution in [-0.4, -0.2) is 22.6 Å². The second-order valence-electron chi connectivity index (χ2n) is 6.16. The van der Waals surface area contributed by atoms with Gasteiger partial charge in [0.05, 0.1) is 12.0 Å². The van der Waals surface area contributed by atoms with E-state index in [2.05, 4.69) is 45.7 Å². The first-order valence-corrected chi connectivity index (χ1v) is 8.99. The van der Waals surface area contributed by atoms with E-state index in [-0.39, 0.29) is 5.82 Å². The van der Waals surface area contributed by atoms with Crippen molar-refractivity contribution in [3.05, 3.63) is 83.7 Å². The average molecular weight is 365 g/mol. The number of nitrogens with zero attached hydrogens (tertiary/aromatic N) is 3. The lowest BCUT2D eigenvalue weighted by Crippen LogP contribution is -2.36. The smallest absolute Gasteiger partial charge is 0.191 e.